The zero-order valence-corrected chi connectivity index (χ0v) is 9.34. The Bertz CT molecular complexity index is 369. The second-order valence-electron chi connectivity index (χ2n) is 3.43. The van der Waals surface area contributed by atoms with E-state index in [4.69, 9.17) is 4.74 Å². The molecule has 0 saturated heterocycles. The molecule has 0 spiro atoms. The molecule has 0 unspecified atom stereocenters. The zero-order chi connectivity index (χ0) is 11.8. The highest BCUT2D eigenvalue weighted by atomic mass is 16.5. The molecule has 0 atom stereocenters. The third-order valence-corrected chi connectivity index (χ3v) is 2.05. The monoisotopic (exact) mass is 227 g/mol. The van der Waals surface area contributed by atoms with Crippen molar-refractivity contribution >= 4 is 6.09 Å². The maximum Gasteiger partial charge on any atom is 0.407 e. The summed E-state index contributed by atoms with van der Waals surface area (Å²) in [4.78, 5) is 22.1. The lowest BCUT2D eigenvalue weighted by atomic mass is 10.2. The fourth-order valence-corrected chi connectivity index (χ4v) is 1.24. The maximum atomic E-state index is 11.1. The number of hydrogen-bond acceptors (Lipinski definition) is 3. The number of carbonyl (C=O) groups excluding carboxylic acids is 1. The van der Waals surface area contributed by atoms with Crippen LogP contribution in [0, 0.1) is 0 Å². The van der Waals surface area contributed by atoms with Gasteiger partial charge in [-0.1, -0.05) is 6.92 Å². The van der Waals surface area contributed by atoms with Crippen molar-refractivity contribution in [1.29, 1.82) is 0 Å². The molecule has 0 aliphatic carbocycles. The Morgan fingerprint density at radius 3 is 3.00 bits per heavy atom. The molecule has 1 rings (SSSR count). The van der Waals surface area contributed by atoms with Gasteiger partial charge in [0.05, 0.1) is 6.61 Å². The molecule has 0 saturated carbocycles. The zero-order valence-electron chi connectivity index (χ0n) is 9.34. The van der Waals surface area contributed by atoms with E-state index in [1.165, 1.54) is 0 Å². The minimum absolute atomic E-state index is 0.103. The standard InChI is InChI=1S/C10H17N3O3/c1-2-6-16-10(15)11-5-3-4-8-7-12-13-9(8)14/h7H,2-6H2,1H3,(H,11,15)(H2,12,13,14). The Morgan fingerprint density at radius 1 is 1.56 bits per heavy atom. The quantitative estimate of drug-likeness (QED) is 0.627. The van der Waals surface area contributed by atoms with Crippen molar-refractivity contribution in [2.45, 2.75) is 26.2 Å². The summed E-state index contributed by atoms with van der Waals surface area (Å²) in [5, 5.41) is 7.70. The summed E-state index contributed by atoms with van der Waals surface area (Å²) >= 11 is 0. The molecular formula is C10H17N3O3. The van der Waals surface area contributed by atoms with Crippen LogP contribution in [0.15, 0.2) is 11.0 Å². The lowest BCUT2D eigenvalue weighted by Gasteiger charge is -2.04. The highest BCUT2D eigenvalue weighted by molar-refractivity contribution is 5.66. The minimum Gasteiger partial charge on any atom is -0.450 e. The van der Waals surface area contributed by atoms with E-state index in [0.29, 0.717) is 31.6 Å². The van der Waals surface area contributed by atoms with Crippen LogP contribution in [-0.2, 0) is 11.2 Å². The average molecular weight is 227 g/mol. The number of carbonyl (C=O) groups is 1. The molecule has 0 fully saturated rings. The van der Waals surface area contributed by atoms with E-state index in [2.05, 4.69) is 15.5 Å². The fraction of sp³-hybridized carbons (Fsp3) is 0.600. The maximum absolute atomic E-state index is 11.1. The van der Waals surface area contributed by atoms with Crippen LogP contribution in [0.1, 0.15) is 25.3 Å². The van der Waals surface area contributed by atoms with E-state index in [9.17, 15) is 9.59 Å². The summed E-state index contributed by atoms with van der Waals surface area (Å²) in [6.45, 7) is 2.88. The Hall–Kier alpha value is -1.72. The van der Waals surface area contributed by atoms with Crippen molar-refractivity contribution in [3.8, 4) is 0 Å². The van der Waals surface area contributed by atoms with Gasteiger partial charge in [0.2, 0.25) is 0 Å². The van der Waals surface area contributed by atoms with E-state index >= 15 is 0 Å². The van der Waals surface area contributed by atoms with Crippen molar-refractivity contribution in [3.63, 3.8) is 0 Å². The van der Waals surface area contributed by atoms with Crippen LogP contribution in [0.25, 0.3) is 0 Å². The van der Waals surface area contributed by atoms with Gasteiger partial charge in [0, 0.05) is 18.3 Å². The summed E-state index contributed by atoms with van der Waals surface area (Å²) in [7, 11) is 0. The molecular weight excluding hydrogens is 210 g/mol. The van der Waals surface area contributed by atoms with Crippen molar-refractivity contribution in [1.82, 2.24) is 15.5 Å². The van der Waals surface area contributed by atoms with Gasteiger partial charge in [0.15, 0.2) is 0 Å². The number of aromatic amines is 2. The number of alkyl carbamates (subject to hydrolysis) is 1. The van der Waals surface area contributed by atoms with Crippen LogP contribution in [0.5, 0.6) is 0 Å². The highest BCUT2D eigenvalue weighted by Crippen LogP contribution is 1.93. The molecule has 0 aliphatic rings. The van der Waals surface area contributed by atoms with Gasteiger partial charge in [-0.15, -0.1) is 0 Å². The van der Waals surface area contributed by atoms with Gasteiger partial charge in [-0.25, -0.2) is 4.79 Å². The number of amides is 1. The molecule has 1 heterocycles. The van der Waals surface area contributed by atoms with Gasteiger partial charge in [0.25, 0.3) is 5.56 Å². The van der Waals surface area contributed by atoms with Crippen molar-refractivity contribution in [2.75, 3.05) is 13.2 Å². The fourth-order valence-electron chi connectivity index (χ4n) is 1.24. The Kier molecular flexibility index (Phi) is 5.18. The molecule has 0 bridgehead atoms. The molecule has 3 N–H and O–H groups in total. The van der Waals surface area contributed by atoms with Crippen LogP contribution in [0.2, 0.25) is 0 Å². The van der Waals surface area contributed by atoms with Crippen LogP contribution in [-0.4, -0.2) is 29.4 Å². The van der Waals surface area contributed by atoms with E-state index in [0.717, 1.165) is 6.42 Å². The lowest BCUT2D eigenvalue weighted by Crippen LogP contribution is -2.26. The third kappa shape index (κ3) is 4.20. The lowest BCUT2D eigenvalue weighted by molar-refractivity contribution is 0.146. The van der Waals surface area contributed by atoms with Gasteiger partial charge >= 0.3 is 6.09 Å². The Morgan fingerprint density at radius 2 is 2.38 bits per heavy atom. The largest absolute Gasteiger partial charge is 0.450 e. The van der Waals surface area contributed by atoms with E-state index < -0.39 is 6.09 Å². The summed E-state index contributed by atoms with van der Waals surface area (Å²) in [6.07, 6.45) is 3.39. The first kappa shape index (κ1) is 12.4. The molecule has 0 aliphatic heterocycles. The Balaban J connectivity index is 2.10. The van der Waals surface area contributed by atoms with E-state index in [-0.39, 0.29) is 5.56 Å². The molecule has 1 aromatic rings. The molecule has 1 amide bonds. The average Bonchev–Trinajstić information content (AvgIpc) is 2.67. The topological polar surface area (TPSA) is 87.0 Å². The van der Waals surface area contributed by atoms with E-state index in [1.807, 2.05) is 6.92 Å². The molecule has 1 aromatic heterocycles. The summed E-state index contributed by atoms with van der Waals surface area (Å²) in [5.74, 6) is 0. The molecule has 6 nitrogen and oxygen atoms in total. The van der Waals surface area contributed by atoms with Crippen LogP contribution in [0.3, 0.4) is 0 Å². The number of rotatable bonds is 6. The van der Waals surface area contributed by atoms with Crippen molar-refractivity contribution < 1.29 is 9.53 Å². The first-order valence-electron chi connectivity index (χ1n) is 5.39. The van der Waals surface area contributed by atoms with E-state index in [1.54, 1.807) is 6.20 Å². The SMILES string of the molecule is CCCOC(=O)NCCCc1c[nH][nH]c1=O. The van der Waals surface area contributed by atoms with Gasteiger partial charge in [0.1, 0.15) is 0 Å². The molecule has 6 heteroatoms. The van der Waals surface area contributed by atoms with Crippen molar-refractivity contribution in [3.05, 3.63) is 22.1 Å². The number of hydrogen-bond donors (Lipinski definition) is 3. The normalized spacial score (nSPS) is 10.1. The van der Waals surface area contributed by atoms with Gasteiger partial charge in [-0.2, -0.15) is 0 Å². The molecule has 90 valence electrons. The van der Waals surface area contributed by atoms with Crippen molar-refractivity contribution in [2.24, 2.45) is 0 Å². The first-order valence-corrected chi connectivity index (χ1v) is 5.39. The van der Waals surface area contributed by atoms with Crippen LogP contribution < -0.4 is 10.9 Å². The third-order valence-electron chi connectivity index (χ3n) is 2.05. The van der Waals surface area contributed by atoms with Gasteiger partial charge < -0.3 is 15.2 Å². The second kappa shape index (κ2) is 6.71. The minimum atomic E-state index is -0.398. The number of aromatic nitrogens is 2. The van der Waals surface area contributed by atoms with Crippen LogP contribution >= 0.6 is 0 Å². The molecule has 0 aromatic carbocycles. The number of H-pyrrole nitrogens is 2. The summed E-state index contributed by atoms with van der Waals surface area (Å²) < 4.78 is 4.83. The predicted octanol–water partition coefficient (Wildman–Crippen LogP) is 0.772. The number of aryl methyl sites for hydroxylation is 1. The smallest absolute Gasteiger partial charge is 0.407 e. The van der Waals surface area contributed by atoms with Gasteiger partial charge in [-0.05, 0) is 19.3 Å². The highest BCUT2D eigenvalue weighted by Gasteiger charge is 2.02. The second-order valence-corrected chi connectivity index (χ2v) is 3.43. The van der Waals surface area contributed by atoms with Crippen LogP contribution in [0.4, 0.5) is 4.79 Å². The molecule has 0 radical (unpaired) electrons. The summed E-state index contributed by atoms with van der Waals surface area (Å²) in [6, 6.07) is 0. The summed E-state index contributed by atoms with van der Waals surface area (Å²) in [5.41, 5.74) is 0.595. The van der Waals surface area contributed by atoms with Gasteiger partial charge in [-0.3, -0.25) is 9.89 Å². The number of ether oxygens (including phenoxy) is 1. The Labute approximate surface area is 93.4 Å². The number of nitrogens with one attached hydrogen (secondary N) is 3. The molecule has 16 heavy (non-hydrogen) atoms. The first-order chi connectivity index (χ1) is 7.74. The predicted molar refractivity (Wildman–Crippen MR) is 59.4 cm³/mol.